The van der Waals surface area contributed by atoms with Crippen LogP contribution in [-0.4, -0.2) is 55.6 Å². The zero-order valence-corrected chi connectivity index (χ0v) is 16.6. The number of aromatic nitrogens is 3. The summed E-state index contributed by atoms with van der Waals surface area (Å²) in [4.78, 5) is 26.0. The van der Waals surface area contributed by atoms with E-state index in [4.69, 9.17) is 4.74 Å². The lowest BCUT2D eigenvalue weighted by atomic mass is 9.92. The summed E-state index contributed by atoms with van der Waals surface area (Å²) in [5.74, 6) is -0.346. The number of aliphatic carboxylic acids is 1. The van der Waals surface area contributed by atoms with E-state index in [1.807, 2.05) is 45.0 Å². The number of rotatable bonds is 5. The van der Waals surface area contributed by atoms with E-state index in [-0.39, 0.29) is 23.6 Å². The predicted molar refractivity (Wildman–Crippen MR) is 103 cm³/mol. The Kier molecular flexibility index (Phi) is 5.67. The van der Waals surface area contributed by atoms with Crippen LogP contribution in [0.5, 0.6) is 5.75 Å². The molecule has 2 heterocycles. The molecule has 2 atom stereocenters. The highest BCUT2D eigenvalue weighted by Gasteiger charge is 2.37. The van der Waals surface area contributed by atoms with Crippen LogP contribution in [-0.2, 0) is 4.79 Å². The molecule has 1 aliphatic rings. The maximum atomic E-state index is 13.0. The highest BCUT2D eigenvalue weighted by Crippen LogP contribution is 2.25. The maximum absolute atomic E-state index is 13.0. The monoisotopic (exact) mass is 386 g/mol. The van der Waals surface area contributed by atoms with Crippen molar-refractivity contribution in [3.63, 3.8) is 0 Å². The lowest BCUT2D eigenvalue weighted by Crippen LogP contribution is -2.50. The Morgan fingerprint density at radius 1 is 1.25 bits per heavy atom. The lowest BCUT2D eigenvalue weighted by Gasteiger charge is -2.35. The molecule has 1 aromatic heterocycles. The summed E-state index contributed by atoms with van der Waals surface area (Å²) in [6, 6.07) is 6.54. The molecule has 8 heteroatoms. The van der Waals surface area contributed by atoms with E-state index in [1.165, 1.54) is 4.90 Å². The molecule has 2 unspecified atom stereocenters. The Morgan fingerprint density at radius 2 is 1.93 bits per heavy atom. The quantitative estimate of drug-likeness (QED) is 0.848. The zero-order chi connectivity index (χ0) is 20.4. The first-order chi connectivity index (χ1) is 13.3. The van der Waals surface area contributed by atoms with Crippen LogP contribution >= 0.6 is 0 Å². The van der Waals surface area contributed by atoms with Crippen LogP contribution in [0.2, 0.25) is 0 Å². The molecule has 3 rings (SSSR count). The van der Waals surface area contributed by atoms with E-state index in [9.17, 15) is 14.7 Å². The van der Waals surface area contributed by atoms with Crippen LogP contribution in [0.25, 0.3) is 5.69 Å². The molecule has 1 N–H and O–H groups in total. The standard InChI is InChI=1S/C20H26N4O4/c1-12(2)28-16-7-5-15(6-8-16)24-14(4)18(21-22-24)19(25)23-10-9-13(3)11-17(23)20(26)27/h5-8,12-13,17H,9-11H2,1-4H3,(H,26,27). The number of carboxylic acids is 1. The molecular weight excluding hydrogens is 360 g/mol. The Balaban J connectivity index is 1.84. The van der Waals surface area contributed by atoms with Gasteiger partial charge >= 0.3 is 5.97 Å². The summed E-state index contributed by atoms with van der Waals surface area (Å²) in [6.45, 7) is 8.09. The van der Waals surface area contributed by atoms with Gasteiger partial charge < -0.3 is 14.7 Å². The minimum absolute atomic E-state index is 0.0811. The molecule has 1 fully saturated rings. The fourth-order valence-electron chi connectivity index (χ4n) is 3.46. The van der Waals surface area contributed by atoms with Gasteiger partial charge in [0, 0.05) is 6.54 Å². The number of carbonyl (C=O) groups is 2. The van der Waals surface area contributed by atoms with Crippen LogP contribution in [0.3, 0.4) is 0 Å². The average molecular weight is 386 g/mol. The Labute approximate surface area is 164 Å². The van der Waals surface area contributed by atoms with E-state index in [0.29, 0.717) is 18.7 Å². The Hall–Kier alpha value is -2.90. The first-order valence-electron chi connectivity index (χ1n) is 9.51. The number of carboxylic acid groups (broad SMARTS) is 1. The maximum Gasteiger partial charge on any atom is 0.326 e. The van der Waals surface area contributed by atoms with Crippen LogP contribution < -0.4 is 4.74 Å². The van der Waals surface area contributed by atoms with E-state index in [1.54, 1.807) is 11.6 Å². The molecule has 150 valence electrons. The van der Waals surface area contributed by atoms with Crippen molar-refractivity contribution >= 4 is 11.9 Å². The zero-order valence-electron chi connectivity index (χ0n) is 16.6. The molecule has 0 aliphatic carbocycles. The minimum Gasteiger partial charge on any atom is -0.491 e. The normalized spacial score (nSPS) is 19.7. The number of amides is 1. The summed E-state index contributed by atoms with van der Waals surface area (Å²) < 4.78 is 7.22. The highest BCUT2D eigenvalue weighted by atomic mass is 16.5. The largest absolute Gasteiger partial charge is 0.491 e. The predicted octanol–water partition coefficient (Wildman–Crippen LogP) is 2.69. The van der Waals surface area contributed by atoms with Gasteiger partial charge in [0.15, 0.2) is 5.69 Å². The summed E-state index contributed by atoms with van der Waals surface area (Å²) in [7, 11) is 0. The van der Waals surface area contributed by atoms with Crippen LogP contribution in [0.1, 0.15) is 49.8 Å². The summed E-state index contributed by atoms with van der Waals surface area (Å²) in [5.41, 5.74) is 1.51. The van der Waals surface area contributed by atoms with Crippen molar-refractivity contribution in [3.8, 4) is 11.4 Å². The fourth-order valence-corrected chi connectivity index (χ4v) is 3.46. The number of carbonyl (C=O) groups excluding carboxylic acids is 1. The second kappa shape index (κ2) is 8.00. The fraction of sp³-hybridized carbons (Fsp3) is 0.500. The minimum atomic E-state index is -0.981. The number of likely N-dealkylation sites (tertiary alicyclic amines) is 1. The van der Waals surface area contributed by atoms with Crippen molar-refractivity contribution in [1.82, 2.24) is 19.9 Å². The number of ether oxygens (including phenoxy) is 1. The molecule has 8 nitrogen and oxygen atoms in total. The van der Waals surface area contributed by atoms with Gasteiger partial charge in [-0.15, -0.1) is 5.10 Å². The topological polar surface area (TPSA) is 97.5 Å². The van der Waals surface area contributed by atoms with E-state index in [2.05, 4.69) is 10.3 Å². The van der Waals surface area contributed by atoms with E-state index < -0.39 is 12.0 Å². The molecule has 28 heavy (non-hydrogen) atoms. The number of piperidine rings is 1. The third-order valence-electron chi connectivity index (χ3n) is 4.96. The van der Waals surface area contributed by atoms with E-state index >= 15 is 0 Å². The summed E-state index contributed by atoms with van der Waals surface area (Å²) >= 11 is 0. The smallest absolute Gasteiger partial charge is 0.326 e. The third-order valence-corrected chi connectivity index (χ3v) is 4.96. The van der Waals surface area contributed by atoms with Gasteiger partial charge in [-0.1, -0.05) is 12.1 Å². The molecule has 1 aliphatic heterocycles. The van der Waals surface area contributed by atoms with Gasteiger partial charge in [0.2, 0.25) is 0 Å². The summed E-state index contributed by atoms with van der Waals surface area (Å²) in [5, 5.41) is 17.7. The SMILES string of the molecule is Cc1c(C(=O)N2CCC(C)CC2C(=O)O)nnn1-c1ccc(OC(C)C)cc1. The number of nitrogens with zero attached hydrogens (tertiary/aromatic N) is 4. The molecule has 0 radical (unpaired) electrons. The van der Waals surface area contributed by atoms with Gasteiger partial charge in [-0.25, -0.2) is 9.48 Å². The first-order valence-corrected chi connectivity index (χ1v) is 9.51. The van der Waals surface area contributed by atoms with Crippen molar-refractivity contribution in [2.24, 2.45) is 5.92 Å². The molecule has 1 saturated heterocycles. The third kappa shape index (κ3) is 4.00. The molecule has 0 bridgehead atoms. The van der Waals surface area contributed by atoms with Gasteiger partial charge in [0.25, 0.3) is 5.91 Å². The van der Waals surface area contributed by atoms with Crippen LogP contribution in [0, 0.1) is 12.8 Å². The highest BCUT2D eigenvalue weighted by molar-refractivity contribution is 5.96. The average Bonchev–Trinajstić information content (AvgIpc) is 3.02. The van der Waals surface area contributed by atoms with Crippen molar-refractivity contribution in [2.75, 3.05) is 6.54 Å². The van der Waals surface area contributed by atoms with E-state index in [0.717, 1.165) is 17.9 Å². The molecular formula is C20H26N4O4. The molecule has 1 amide bonds. The van der Waals surface area contributed by atoms with Gasteiger partial charge in [0.05, 0.1) is 17.5 Å². The first kappa shape index (κ1) is 19.9. The van der Waals surface area contributed by atoms with Crippen LogP contribution in [0.4, 0.5) is 0 Å². The number of hydrogen-bond acceptors (Lipinski definition) is 5. The van der Waals surface area contributed by atoms with Crippen LogP contribution in [0.15, 0.2) is 24.3 Å². The van der Waals surface area contributed by atoms with Crippen molar-refractivity contribution in [2.45, 2.75) is 52.7 Å². The van der Waals surface area contributed by atoms with Gasteiger partial charge in [-0.2, -0.15) is 0 Å². The molecule has 0 saturated carbocycles. The molecule has 0 spiro atoms. The summed E-state index contributed by atoms with van der Waals surface area (Å²) in [6.07, 6.45) is 1.31. The van der Waals surface area contributed by atoms with Crippen molar-refractivity contribution in [3.05, 3.63) is 35.7 Å². The molecule has 1 aromatic carbocycles. The Morgan fingerprint density at radius 3 is 2.54 bits per heavy atom. The van der Waals surface area contributed by atoms with Gasteiger partial charge in [-0.3, -0.25) is 4.79 Å². The number of benzene rings is 1. The van der Waals surface area contributed by atoms with Gasteiger partial charge in [0.1, 0.15) is 11.8 Å². The lowest BCUT2D eigenvalue weighted by molar-refractivity contribution is -0.144. The van der Waals surface area contributed by atoms with Crippen molar-refractivity contribution < 1.29 is 19.4 Å². The van der Waals surface area contributed by atoms with Crippen molar-refractivity contribution in [1.29, 1.82) is 0 Å². The van der Waals surface area contributed by atoms with Gasteiger partial charge in [-0.05, 0) is 63.8 Å². The second-order valence-corrected chi connectivity index (χ2v) is 7.58. The second-order valence-electron chi connectivity index (χ2n) is 7.58. The molecule has 2 aromatic rings. The Bertz CT molecular complexity index is 860. The number of hydrogen-bond donors (Lipinski definition) is 1.